The lowest BCUT2D eigenvalue weighted by Crippen LogP contribution is -2.28. The maximum Gasteiger partial charge on any atom is 0.223 e. The number of likely N-dealkylation sites (tertiary alicyclic amines) is 1. The van der Waals surface area contributed by atoms with Crippen LogP contribution >= 0.6 is 0 Å². The molecule has 2 aromatic carbocycles. The average molecular weight is 375 g/mol. The van der Waals surface area contributed by atoms with Crippen LogP contribution in [-0.2, 0) is 9.59 Å². The van der Waals surface area contributed by atoms with Crippen LogP contribution in [0.5, 0.6) is 0 Å². The Balaban J connectivity index is 1.70. The quantitative estimate of drug-likeness (QED) is 0.669. The molecule has 28 heavy (non-hydrogen) atoms. The molecule has 0 saturated carbocycles. The normalized spacial score (nSPS) is 19.2. The topological polar surface area (TPSA) is 55.2 Å². The average Bonchev–Trinajstić information content (AvgIpc) is 3.28. The number of carbonyl (C=O) groups is 2. The number of aromatic nitrogens is 2. The van der Waals surface area contributed by atoms with E-state index in [4.69, 9.17) is 4.98 Å². The van der Waals surface area contributed by atoms with Gasteiger partial charge in [0.1, 0.15) is 5.82 Å². The van der Waals surface area contributed by atoms with Gasteiger partial charge in [-0.05, 0) is 38.5 Å². The van der Waals surface area contributed by atoms with Crippen LogP contribution in [0.1, 0.15) is 56.6 Å². The zero-order valence-electron chi connectivity index (χ0n) is 16.5. The van der Waals surface area contributed by atoms with Crippen LogP contribution in [0.4, 0.5) is 0 Å². The van der Waals surface area contributed by atoms with E-state index in [-0.39, 0.29) is 29.7 Å². The molecule has 0 aliphatic carbocycles. The zero-order valence-corrected chi connectivity index (χ0v) is 16.5. The molecule has 0 bridgehead atoms. The summed E-state index contributed by atoms with van der Waals surface area (Å²) in [5, 5.41) is 0. The van der Waals surface area contributed by atoms with Gasteiger partial charge in [0, 0.05) is 18.9 Å². The maximum atomic E-state index is 12.8. The number of hydrogen-bond acceptors (Lipinski definition) is 3. The van der Waals surface area contributed by atoms with Crippen molar-refractivity contribution >= 4 is 22.7 Å². The highest BCUT2D eigenvalue weighted by Crippen LogP contribution is 2.36. The molecule has 5 heteroatoms. The maximum absolute atomic E-state index is 12.8. The molecule has 3 atom stereocenters. The van der Waals surface area contributed by atoms with Gasteiger partial charge in [-0.1, -0.05) is 42.5 Å². The molecule has 5 nitrogen and oxygen atoms in total. The van der Waals surface area contributed by atoms with Gasteiger partial charge in [0.15, 0.2) is 5.78 Å². The fraction of sp³-hybridized carbons (Fsp3) is 0.348. The molecule has 1 aliphatic heterocycles. The van der Waals surface area contributed by atoms with Crippen molar-refractivity contribution in [1.29, 1.82) is 0 Å². The first-order valence-corrected chi connectivity index (χ1v) is 9.79. The molecule has 1 saturated heterocycles. The van der Waals surface area contributed by atoms with Crippen LogP contribution in [0.3, 0.4) is 0 Å². The van der Waals surface area contributed by atoms with Crippen LogP contribution in [-0.4, -0.2) is 32.7 Å². The lowest BCUT2D eigenvalue weighted by Gasteiger charge is -2.25. The molecule has 0 spiro atoms. The first kappa shape index (κ1) is 18.4. The van der Waals surface area contributed by atoms with Crippen molar-refractivity contribution in [1.82, 2.24) is 14.5 Å². The van der Waals surface area contributed by atoms with Gasteiger partial charge in [0.25, 0.3) is 0 Å². The molecule has 1 aliphatic rings. The number of nitrogens with zero attached hydrogens (tertiary/aromatic N) is 3. The predicted octanol–water partition coefficient (Wildman–Crippen LogP) is 4.26. The Morgan fingerprint density at radius 1 is 1.07 bits per heavy atom. The SMILES string of the molecule is CC(=O)C(C)n1c(C2CC(=O)N(C(C)c3ccccc3)C2)nc2ccccc21. The van der Waals surface area contributed by atoms with Crippen molar-refractivity contribution in [3.63, 3.8) is 0 Å². The van der Waals surface area contributed by atoms with Gasteiger partial charge in [-0.3, -0.25) is 9.59 Å². The number of Topliss-reactive ketones (excluding diaryl/α,β-unsaturated/α-hetero) is 1. The van der Waals surface area contributed by atoms with Gasteiger partial charge in [-0.15, -0.1) is 0 Å². The van der Waals surface area contributed by atoms with E-state index >= 15 is 0 Å². The summed E-state index contributed by atoms with van der Waals surface area (Å²) in [4.78, 5) is 31.7. The first-order chi connectivity index (χ1) is 13.5. The molecule has 3 aromatic rings. The number of ketones is 1. The first-order valence-electron chi connectivity index (χ1n) is 9.79. The Hall–Kier alpha value is -2.95. The number of imidazole rings is 1. The third-order valence-corrected chi connectivity index (χ3v) is 5.87. The summed E-state index contributed by atoms with van der Waals surface area (Å²) in [6.45, 7) is 6.19. The Morgan fingerprint density at radius 3 is 2.46 bits per heavy atom. The fourth-order valence-electron chi connectivity index (χ4n) is 4.13. The van der Waals surface area contributed by atoms with Gasteiger partial charge in [-0.2, -0.15) is 0 Å². The predicted molar refractivity (Wildman–Crippen MR) is 109 cm³/mol. The minimum atomic E-state index is -0.307. The lowest BCUT2D eigenvalue weighted by atomic mass is 10.1. The van der Waals surface area contributed by atoms with Crippen LogP contribution < -0.4 is 0 Å². The van der Waals surface area contributed by atoms with Gasteiger partial charge in [-0.25, -0.2) is 4.98 Å². The van der Waals surface area contributed by atoms with E-state index in [0.29, 0.717) is 13.0 Å². The zero-order chi connectivity index (χ0) is 19.8. The summed E-state index contributed by atoms with van der Waals surface area (Å²) in [6, 6.07) is 17.7. The van der Waals surface area contributed by atoms with Crippen LogP contribution in [0.15, 0.2) is 54.6 Å². The van der Waals surface area contributed by atoms with Crippen molar-refractivity contribution < 1.29 is 9.59 Å². The molecule has 3 unspecified atom stereocenters. The van der Waals surface area contributed by atoms with Crippen LogP contribution in [0.2, 0.25) is 0 Å². The lowest BCUT2D eigenvalue weighted by molar-refractivity contribution is -0.129. The Morgan fingerprint density at radius 2 is 1.75 bits per heavy atom. The van der Waals surface area contributed by atoms with Crippen molar-refractivity contribution in [2.75, 3.05) is 6.54 Å². The fourth-order valence-corrected chi connectivity index (χ4v) is 4.13. The van der Waals surface area contributed by atoms with Crippen molar-refractivity contribution in [2.45, 2.75) is 45.2 Å². The third-order valence-electron chi connectivity index (χ3n) is 5.87. The van der Waals surface area contributed by atoms with Crippen molar-refractivity contribution in [3.05, 3.63) is 66.0 Å². The minimum absolute atomic E-state index is 0.0155. The summed E-state index contributed by atoms with van der Waals surface area (Å²) in [6.07, 6.45) is 0.422. The summed E-state index contributed by atoms with van der Waals surface area (Å²) >= 11 is 0. The molecule has 0 radical (unpaired) electrons. The molecular weight excluding hydrogens is 350 g/mol. The van der Waals surface area contributed by atoms with Gasteiger partial charge >= 0.3 is 0 Å². The number of hydrogen-bond donors (Lipinski definition) is 0. The Kier molecular flexibility index (Phi) is 4.75. The minimum Gasteiger partial charge on any atom is -0.335 e. The second kappa shape index (κ2) is 7.23. The third kappa shape index (κ3) is 3.11. The number of para-hydroxylation sites is 2. The Labute approximate surface area is 165 Å². The van der Waals surface area contributed by atoms with Gasteiger partial charge in [0.05, 0.1) is 23.1 Å². The molecule has 1 fully saturated rings. The summed E-state index contributed by atoms with van der Waals surface area (Å²) in [5.74, 6) is 1.03. The second-order valence-corrected chi connectivity index (χ2v) is 7.65. The summed E-state index contributed by atoms with van der Waals surface area (Å²) in [5.41, 5.74) is 2.94. The number of carbonyl (C=O) groups excluding carboxylic acids is 2. The highest BCUT2D eigenvalue weighted by molar-refractivity contribution is 5.85. The molecular formula is C23H25N3O2. The molecule has 144 valence electrons. The summed E-state index contributed by atoms with van der Waals surface area (Å²) in [7, 11) is 0. The summed E-state index contributed by atoms with van der Waals surface area (Å²) < 4.78 is 2.02. The van der Waals surface area contributed by atoms with E-state index in [2.05, 4.69) is 19.1 Å². The van der Waals surface area contributed by atoms with Crippen LogP contribution in [0, 0.1) is 0 Å². The van der Waals surface area contributed by atoms with E-state index in [1.165, 1.54) is 0 Å². The van der Waals surface area contributed by atoms with E-state index < -0.39 is 0 Å². The molecule has 4 rings (SSSR count). The van der Waals surface area contributed by atoms with E-state index in [1.807, 2.05) is 58.9 Å². The monoisotopic (exact) mass is 375 g/mol. The number of fused-ring (bicyclic) bond motifs is 1. The van der Waals surface area contributed by atoms with E-state index in [0.717, 1.165) is 22.4 Å². The largest absolute Gasteiger partial charge is 0.335 e. The number of rotatable bonds is 5. The van der Waals surface area contributed by atoms with Gasteiger partial charge < -0.3 is 9.47 Å². The van der Waals surface area contributed by atoms with Crippen molar-refractivity contribution in [2.24, 2.45) is 0 Å². The van der Waals surface area contributed by atoms with Crippen molar-refractivity contribution in [3.8, 4) is 0 Å². The van der Waals surface area contributed by atoms with Gasteiger partial charge in [0.2, 0.25) is 5.91 Å². The Bertz CT molecular complexity index is 1020. The second-order valence-electron chi connectivity index (χ2n) is 7.65. The molecule has 1 amide bonds. The standard InChI is InChI=1S/C23H25N3O2/c1-15(17(3)27)26-21-12-8-7-11-20(21)24-23(26)19-13-22(28)25(14-19)16(2)18-9-5-4-6-10-18/h4-12,15-16,19H,13-14H2,1-3H3. The highest BCUT2D eigenvalue weighted by atomic mass is 16.2. The van der Waals surface area contributed by atoms with Crippen LogP contribution in [0.25, 0.3) is 11.0 Å². The number of benzene rings is 2. The van der Waals surface area contributed by atoms with E-state index in [9.17, 15) is 9.59 Å². The molecule has 1 aromatic heterocycles. The molecule has 0 N–H and O–H groups in total. The molecule has 2 heterocycles. The smallest absolute Gasteiger partial charge is 0.223 e. The highest BCUT2D eigenvalue weighted by Gasteiger charge is 2.37. The van der Waals surface area contributed by atoms with E-state index in [1.54, 1.807) is 6.92 Å². The number of amides is 1.